The summed E-state index contributed by atoms with van der Waals surface area (Å²) in [5.74, 6) is -1.05. The number of amides is 3. The first-order valence-electron chi connectivity index (χ1n) is 14.7. The zero-order valence-electron chi connectivity index (χ0n) is 24.9. The average molecular weight is 555 g/mol. The number of aryl methyl sites for hydroxylation is 1. The number of nitrogens with one attached hydrogen (secondary N) is 2. The molecule has 0 aliphatic rings. The molecule has 0 bridgehead atoms. The topological polar surface area (TPSA) is 78.5 Å². The summed E-state index contributed by atoms with van der Waals surface area (Å²) >= 11 is 0. The molecule has 2 unspecified atom stereocenters. The van der Waals surface area contributed by atoms with Crippen LogP contribution in [0.15, 0.2) is 72.8 Å². The van der Waals surface area contributed by atoms with E-state index in [1.54, 1.807) is 24.3 Å². The summed E-state index contributed by atoms with van der Waals surface area (Å²) in [7, 11) is 0. The molecule has 0 saturated heterocycles. The highest BCUT2D eigenvalue weighted by atomic mass is 16.2. The smallest absolute Gasteiger partial charge is 0.253 e. The summed E-state index contributed by atoms with van der Waals surface area (Å²) < 4.78 is 0. The maximum Gasteiger partial charge on any atom is 0.253 e. The molecule has 6 nitrogen and oxygen atoms in total. The second-order valence-corrected chi connectivity index (χ2v) is 10.6. The van der Waals surface area contributed by atoms with Crippen molar-refractivity contribution in [2.75, 3.05) is 18.4 Å². The first-order chi connectivity index (χ1) is 19.8. The Morgan fingerprint density at radius 1 is 0.854 bits per heavy atom. The number of carbonyl (C=O) groups is 3. The average Bonchev–Trinajstić information content (AvgIpc) is 2.98. The highest BCUT2D eigenvalue weighted by Crippen LogP contribution is 2.23. The fourth-order valence-electron chi connectivity index (χ4n) is 5.09. The van der Waals surface area contributed by atoms with Gasteiger partial charge in [-0.05, 0) is 80.5 Å². The number of benzene rings is 3. The number of anilines is 1. The minimum atomic E-state index is -0.508. The molecule has 0 fully saturated rings. The Morgan fingerprint density at radius 3 is 2.17 bits per heavy atom. The van der Waals surface area contributed by atoms with Crippen molar-refractivity contribution in [1.29, 1.82) is 0 Å². The summed E-state index contributed by atoms with van der Waals surface area (Å²) in [4.78, 5) is 42.4. The molecule has 0 spiro atoms. The Labute approximate surface area is 245 Å². The van der Waals surface area contributed by atoms with E-state index in [0.717, 1.165) is 35.2 Å². The van der Waals surface area contributed by atoms with Gasteiger partial charge in [0.2, 0.25) is 5.91 Å². The second kappa shape index (κ2) is 15.8. The predicted molar refractivity (Wildman–Crippen MR) is 167 cm³/mol. The molecule has 3 rings (SSSR count). The van der Waals surface area contributed by atoms with Crippen molar-refractivity contribution >= 4 is 23.4 Å². The molecule has 2 atom stereocenters. The molecule has 3 amide bonds. The number of rotatable bonds is 14. The number of nitrogens with zero attached hydrogens (tertiary/aromatic N) is 1. The zero-order chi connectivity index (χ0) is 29.8. The van der Waals surface area contributed by atoms with Crippen molar-refractivity contribution in [1.82, 2.24) is 10.2 Å². The van der Waals surface area contributed by atoms with Crippen molar-refractivity contribution in [2.24, 2.45) is 5.92 Å². The van der Waals surface area contributed by atoms with Gasteiger partial charge in [0.15, 0.2) is 0 Å². The maximum absolute atomic E-state index is 13.7. The lowest BCUT2D eigenvalue weighted by Gasteiger charge is -2.28. The van der Waals surface area contributed by atoms with Crippen LogP contribution in [-0.2, 0) is 11.2 Å². The van der Waals surface area contributed by atoms with Crippen LogP contribution < -0.4 is 10.6 Å². The van der Waals surface area contributed by atoms with E-state index in [4.69, 9.17) is 0 Å². The van der Waals surface area contributed by atoms with Gasteiger partial charge < -0.3 is 15.5 Å². The van der Waals surface area contributed by atoms with Crippen LogP contribution in [0, 0.1) is 26.7 Å². The third-order valence-corrected chi connectivity index (χ3v) is 7.46. The van der Waals surface area contributed by atoms with Crippen LogP contribution in [0.25, 0.3) is 0 Å². The van der Waals surface area contributed by atoms with Gasteiger partial charge in [0, 0.05) is 35.9 Å². The minimum absolute atomic E-state index is 0.0768. The van der Waals surface area contributed by atoms with E-state index in [1.807, 2.05) is 81.1 Å². The van der Waals surface area contributed by atoms with Crippen LogP contribution in [0.1, 0.15) is 76.9 Å². The molecule has 2 N–H and O–H groups in total. The maximum atomic E-state index is 13.7. The molecule has 3 aromatic rings. The van der Waals surface area contributed by atoms with Crippen LogP contribution in [0.4, 0.5) is 5.69 Å². The Morgan fingerprint density at radius 2 is 1.51 bits per heavy atom. The molecule has 0 saturated carbocycles. The molecule has 0 aromatic heterocycles. The SMILES string of the molecule is [CH2]CCC(C(=O)Nc1cccc(C)c1C)C(Cc1ccccc1)NC(=O)c1cccc(C(=O)N(CCC)CCC)c1. The summed E-state index contributed by atoms with van der Waals surface area (Å²) in [5.41, 5.74) is 4.77. The van der Waals surface area contributed by atoms with E-state index in [9.17, 15) is 14.4 Å². The van der Waals surface area contributed by atoms with Gasteiger partial charge in [0.25, 0.3) is 11.8 Å². The van der Waals surface area contributed by atoms with Crippen LogP contribution in [0.2, 0.25) is 0 Å². The molecule has 1 radical (unpaired) electrons. The van der Waals surface area contributed by atoms with E-state index in [1.165, 1.54) is 0 Å². The van der Waals surface area contributed by atoms with Gasteiger partial charge in [0.1, 0.15) is 0 Å². The standard InChI is InChI=1S/C35H44N3O3/c1-6-14-30(34(40)36-31-20-12-15-25(4)26(31)5)32(23-27-16-10-9-11-17-27)37-33(39)28-18-13-19-29(24-28)35(41)38(21-7-2)22-8-3/h9-13,15-20,24,30,32H,1,6-8,14,21-23H2,2-5H3,(H,36,40)(H,37,39). The third-order valence-electron chi connectivity index (χ3n) is 7.46. The van der Waals surface area contributed by atoms with Gasteiger partial charge in [-0.3, -0.25) is 14.4 Å². The molecule has 41 heavy (non-hydrogen) atoms. The number of carbonyl (C=O) groups excluding carboxylic acids is 3. The van der Waals surface area contributed by atoms with Crippen LogP contribution >= 0.6 is 0 Å². The van der Waals surface area contributed by atoms with E-state index in [0.29, 0.717) is 43.5 Å². The van der Waals surface area contributed by atoms with Crippen molar-refractivity contribution < 1.29 is 14.4 Å². The first kappa shape index (κ1) is 31.6. The molecule has 0 aliphatic carbocycles. The predicted octanol–water partition coefficient (Wildman–Crippen LogP) is 6.78. The third kappa shape index (κ3) is 8.78. The van der Waals surface area contributed by atoms with E-state index >= 15 is 0 Å². The Bertz CT molecular complexity index is 1300. The van der Waals surface area contributed by atoms with Gasteiger partial charge in [-0.25, -0.2) is 0 Å². The monoisotopic (exact) mass is 554 g/mol. The normalized spacial score (nSPS) is 12.3. The summed E-state index contributed by atoms with van der Waals surface area (Å²) in [6, 6.07) is 22.1. The lowest BCUT2D eigenvalue weighted by molar-refractivity contribution is -0.120. The fraction of sp³-hybridized carbons (Fsp3) is 0.371. The Kier molecular flexibility index (Phi) is 12.1. The van der Waals surface area contributed by atoms with Crippen LogP contribution in [-0.4, -0.2) is 41.8 Å². The molecule has 0 aliphatic heterocycles. The van der Waals surface area contributed by atoms with Crippen LogP contribution in [0.3, 0.4) is 0 Å². The second-order valence-electron chi connectivity index (χ2n) is 10.6. The minimum Gasteiger partial charge on any atom is -0.348 e. The zero-order valence-corrected chi connectivity index (χ0v) is 24.9. The van der Waals surface area contributed by atoms with Gasteiger partial charge in [-0.2, -0.15) is 0 Å². The van der Waals surface area contributed by atoms with Gasteiger partial charge in [-0.15, -0.1) is 0 Å². The van der Waals surface area contributed by atoms with E-state index < -0.39 is 12.0 Å². The Hall–Kier alpha value is -3.93. The van der Waals surface area contributed by atoms with Crippen molar-refractivity contribution in [2.45, 2.75) is 65.8 Å². The molecule has 0 heterocycles. The lowest BCUT2D eigenvalue weighted by Crippen LogP contribution is -2.46. The molecular weight excluding hydrogens is 510 g/mol. The fourth-order valence-corrected chi connectivity index (χ4v) is 5.09. The first-order valence-corrected chi connectivity index (χ1v) is 14.7. The lowest BCUT2D eigenvalue weighted by atomic mass is 9.88. The summed E-state index contributed by atoms with van der Waals surface area (Å²) in [5, 5.41) is 6.26. The molecule has 217 valence electrons. The quantitative estimate of drug-likeness (QED) is 0.231. The largest absolute Gasteiger partial charge is 0.348 e. The van der Waals surface area contributed by atoms with Gasteiger partial charge in [-0.1, -0.05) is 75.7 Å². The van der Waals surface area contributed by atoms with Crippen molar-refractivity contribution in [3.63, 3.8) is 0 Å². The van der Waals surface area contributed by atoms with Gasteiger partial charge >= 0.3 is 0 Å². The van der Waals surface area contributed by atoms with Crippen LogP contribution in [0.5, 0.6) is 0 Å². The van der Waals surface area contributed by atoms with Gasteiger partial charge in [0.05, 0.1) is 5.92 Å². The number of hydrogen-bond acceptors (Lipinski definition) is 3. The van der Waals surface area contributed by atoms with Crippen molar-refractivity contribution in [3.05, 3.63) is 108 Å². The highest BCUT2D eigenvalue weighted by molar-refractivity contribution is 6.00. The highest BCUT2D eigenvalue weighted by Gasteiger charge is 2.30. The molecule has 3 aromatic carbocycles. The summed E-state index contributed by atoms with van der Waals surface area (Å²) in [6.07, 6.45) is 3.27. The van der Waals surface area contributed by atoms with Crippen molar-refractivity contribution in [3.8, 4) is 0 Å². The Balaban J connectivity index is 1.89. The van der Waals surface area contributed by atoms with E-state index in [2.05, 4.69) is 17.6 Å². The number of hydrogen-bond donors (Lipinski definition) is 2. The summed E-state index contributed by atoms with van der Waals surface area (Å²) in [6.45, 7) is 13.5. The van der Waals surface area contributed by atoms with E-state index in [-0.39, 0.29) is 17.7 Å². The molecular formula is C35H44N3O3. The molecule has 6 heteroatoms.